The molecule has 1 aliphatic heterocycles. The Morgan fingerprint density at radius 1 is 1.04 bits per heavy atom. The maximum atomic E-state index is 10.5. The Kier molecular flexibility index (Phi) is 6.39. The molecule has 0 saturated carbocycles. The molecule has 0 spiro atoms. The van der Waals surface area contributed by atoms with E-state index in [-0.39, 0.29) is 0 Å². The summed E-state index contributed by atoms with van der Waals surface area (Å²) >= 11 is 7.38. The highest BCUT2D eigenvalue weighted by Gasteiger charge is 2.43. The third-order valence-corrected chi connectivity index (χ3v) is 5.54. The topological polar surface area (TPSA) is 58.9 Å². The third kappa shape index (κ3) is 4.76. The Balaban J connectivity index is 1.73. The molecule has 3 rings (SSSR count). The van der Waals surface area contributed by atoms with Crippen LogP contribution >= 0.6 is 23.4 Å². The molecule has 1 fully saturated rings. The second-order valence-electron chi connectivity index (χ2n) is 6.02. The standard InChI is InChI=1S/C19H21ClO4S/c1-12-16(21)17(22)18(23-11-13-5-3-2-4-6-13)19(24-12)25-15-9-7-14(20)8-10-15/h2-10,12,16-19,21-22H,11H2,1H3/t12-,16+,17+,18-,19+/m0/s1. The first-order chi connectivity index (χ1) is 12.0. The first-order valence-corrected chi connectivity index (χ1v) is 9.39. The van der Waals surface area contributed by atoms with E-state index in [0.717, 1.165) is 10.5 Å². The first-order valence-electron chi connectivity index (χ1n) is 8.14. The summed E-state index contributed by atoms with van der Waals surface area (Å²) in [6, 6.07) is 17.1. The summed E-state index contributed by atoms with van der Waals surface area (Å²) in [5, 5.41) is 21.3. The fraction of sp³-hybridized carbons (Fsp3) is 0.368. The Bertz CT molecular complexity index is 667. The molecular formula is C19H21ClO4S. The van der Waals surface area contributed by atoms with Crippen molar-refractivity contribution in [3.63, 3.8) is 0 Å². The van der Waals surface area contributed by atoms with Crippen molar-refractivity contribution in [2.45, 2.75) is 48.3 Å². The number of aliphatic hydroxyl groups excluding tert-OH is 2. The van der Waals surface area contributed by atoms with Crippen LogP contribution in [0.3, 0.4) is 0 Å². The summed E-state index contributed by atoms with van der Waals surface area (Å²) in [6.07, 6.45) is -3.12. The van der Waals surface area contributed by atoms with Crippen molar-refractivity contribution in [2.24, 2.45) is 0 Å². The number of aliphatic hydroxyl groups is 2. The van der Waals surface area contributed by atoms with Gasteiger partial charge in [-0.2, -0.15) is 0 Å². The van der Waals surface area contributed by atoms with Crippen LogP contribution in [-0.2, 0) is 16.1 Å². The summed E-state index contributed by atoms with van der Waals surface area (Å²) in [5.41, 5.74) is 0.566. The predicted octanol–water partition coefficient (Wildman–Crippen LogP) is 3.48. The van der Waals surface area contributed by atoms with E-state index in [1.165, 1.54) is 11.8 Å². The summed E-state index contributed by atoms with van der Waals surface area (Å²) in [7, 11) is 0. The minimum atomic E-state index is -1.02. The highest BCUT2D eigenvalue weighted by molar-refractivity contribution is 7.99. The summed E-state index contributed by atoms with van der Waals surface area (Å²) in [4.78, 5) is 0.957. The summed E-state index contributed by atoms with van der Waals surface area (Å²) in [5.74, 6) is 0. The molecule has 0 unspecified atom stereocenters. The Morgan fingerprint density at radius 2 is 1.72 bits per heavy atom. The van der Waals surface area contributed by atoms with Gasteiger partial charge in [0.1, 0.15) is 23.7 Å². The molecule has 2 N–H and O–H groups in total. The minimum absolute atomic E-state index is 0.338. The zero-order valence-electron chi connectivity index (χ0n) is 13.8. The second-order valence-corrected chi connectivity index (χ2v) is 7.63. The molecule has 2 aromatic rings. The van der Waals surface area contributed by atoms with Gasteiger partial charge in [0, 0.05) is 9.92 Å². The number of thioether (sulfide) groups is 1. The van der Waals surface area contributed by atoms with Crippen molar-refractivity contribution < 1.29 is 19.7 Å². The fourth-order valence-electron chi connectivity index (χ4n) is 2.69. The second kappa shape index (κ2) is 8.54. The number of halogens is 1. The quantitative estimate of drug-likeness (QED) is 0.831. The van der Waals surface area contributed by atoms with Gasteiger partial charge in [0.05, 0.1) is 12.7 Å². The third-order valence-electron chi connectivity index (χ3n) is 4.14. The molecule has 0 radical (unpaired) electrons. The van der Waals surface area contributed by atoms with E-state index in [4.69, 9.17) is 21.1 Å². The monoisotopic (exact) mass is 380 g/mol. The summed E-state index contributed by atoms with van der Waals surface area (Å²) in [6.45, 7) is 2.08. The molecule has 0 aromatic heterocycles. The van der Waals surface area contributed by atoms with Crippen LogP contribution in [0.2, 0.25) is 5.02 Å². The molecule has 0 amide bonds. The molecule has 6 heteroatoms. The van der Waals surface area contributed by atoms with E-state index in [1.54, 1.807) is 19.1 Å². The lowest BCUT2D eigenvalue weighted by molar-refractivity contribution is -0.210. The van der Waals surface area contributed by atoms with E-state index in [1.807, 2.05) is 42.5 Å². The highest BCUT2D eigenvalue weighted by atomic mass is 35.5. The Hall–Kier alpha value is -1.08. The lowest BCUT2D eigenvalue weighted by atomic mass is 10.0. The maximum absolute atomic E-state index is 10.5. The normalized spacial score (nSPS) is 29.5. The van der Waals surface area contributed by atoms with Crippen molar-refractivity contribution in [2.75, 3.05) is 0 Å². The average Bonchev–Trinajstić information content (AvgIpc) is 2.62. The number of hydrogen-bond acceptors (Lipinski definition) is 5. The zero-order chi connectivity index (χ0) is 17.8. The lowest BCUT2D eigenvalue weighted by Gasteiger charge is -2.41. The van der Waals surface area contributed by atoms with Crippen molar-refractivity contribution in [3.05, 3.63) is 65.2 Å². The van der Waals surface area contributed by atoms with E-state index in [0.29, 0.717) is 11.6 Å². The van der Waals surface area contributed by atoms with Gasteiger partial charge in [-0.1, -0.05) is 53.7 Å². The molecule has 134 valence electrons. The molecule has 4 nitrogen and oxygen atoms in total. The molecule has 2 aromatic carbocycles. The van der Waals surface area contributed by atoms with Crippen LogP contribution in [0.15, 0.2) is 59.5 Å². The van der Waals surface area contributed by atoms with Crippen molar-refractivity contribution in [1.82, 2.24) is 0 Å². The molecule has 0 aliphatic carbocycles. The van der Waals surface area contributed by atoms with Crippen LogP contribution in [0.1, 0.15) is 12.5 Å². The van der Waals surface area contributed by atoms with Gasteiger partial charge in [-0.3, -0.25) is 0 Å². The largest absolute Gasteiger partial charge is 0.388 e. The van der Waals surface area contributed by atoms with Crippen LogP contribution in [0, 0.1) is 0 Å². The van der Waals surface area contributed by atoms with Gasteiger partial charge >= 0.3 is 0 Å². The number of hydrogen-bond donors (Lipinski definition) is 2. The molecular weight excluding hydrogens is 360 g/mol. The molecule has 1 heterocycles. The molecule has 25 heavy (non-hydrogen) atoms. The number of benzene rings is 2. The predicted molar refractivity (Wildman–Crippen MR) is 98.7 cm³/mol. The molecule has 1 saturated heterocycles. The van der Waals surface area contributed by atoms with Crippen molar-refractivity contribution in [3.8, 4) is 0 Å². The summed E-state index contributed by atoms with van der Waals surface area (Å²) < 4.78 is 11.8. The minimum Gasteiger partial charge on any atom is -0.388 e. The van der Waals surface area contributed by atoms with Gasteiger partial charge < -0.3 is 19.7 Å². The number of ether oxygens (including phenoxy) is 2. The van der Waals surface area contributed by atoms with Gasteiger partial charge in [-0.25, -0.2) is 0 Å². The van der Waals surface area contributed by atoms with Crippen LogP contribution in [-0.4, -0.2) is 40.1 Å². The smallest absolute Gasteiger partial charge is 0.136 e. The maximum Gasteiger partial charge on any atom is 0.136 e. The molecule has 0 bridgehead atoms. The Morgan fingerprint density at radius 3 is 2.40 bits per heavy atom. The van der Waals surface area contributed by atoms with Gasteiger partial charge in [0.2, 0.25) is 0 Å². The van der Waals surface area contributed by atoms with Crippen molar-refractivity contribution >= 4 is 23.4 Å². The Labute approximate surface area is 156 Å². The van der Waals surface area contributed by atoms with E-state index in [9.17, 15) is 10.2 Å². The van der Waals surface area contributed by atoms with Crippen LogP contribution in [0.4, 0.5) is 0 Å². The van der Waals surface area contributed by atoms with E-state index < -0.39 is 29.9 Å². The molecule has 1 aliphatic rings. The van der Waals surface area contributed by atoms with Crippen LogP contribution in [0.5, 0.6) is 0 Å². The van der Waals surface area contributed by atoms with Gasteiger partial charge in [-0.05, 0) is 36.8 Å². The van der Waals surface area contributed by atoms with E-state index in [2.05, 4.69) is 0 Å². The van der Waals surface area contributed by atoms with E-state index >= 15 is 0 Å². The molecule has 5 atom stereocenters. The van der Waals surface area contributed by atoms with Crippen LogP contribution < -0.4 is 0 Å². The van der Waals surface area contributed by atoms with Crippen LogP contribution in [0.25, 0.3) is 0 Å². The fourth-order valence-corrected chi connectivity index (χ4v) is 3.98. The SMILES string of the molecule is C[C@@H]1O[C@H](Sc2ccc(Cl)cc2)[C@@H](OCc2ccccc2)[C@H](O)[C@@H]1O. The van der Waals surface area contributed by atoms with Crippen molar-refractivity contribution in [1.29, 1.82) is 0 Å². The zero-order valence-corrected chi connectivity index (χ0v) is 15.4. The first kappa shape index (κ1) is 18.7. The number of rotatable bonds is 5. The lowest BCUT2D eigenvalue weighted by Crippen LogP contribution is -2.56. The van der Waals surface area contributed by atoms with Gasteiger partial charge in [-0.15, -0.1) is 0 Å². The van der Waals surface area contributed by atoms with Gasteiger partial charge in [0.25, 0.3) is 0 Å². The van der Waals surface area contributed by atoms with Gasteiger partial charge in [0.15, 0.2) is 0 Å². The highest BCUT2D eigenvalue weighted by Crippen LogP contribution is 2.35. The average molecular weight is 381 g/mol.